The van der Waals surface area contributed by atoms with E-state index in [1.54, 1.807) is 0 Å². The SMILES string of the molecule is B.Br.Br.N.c1ccc2ccccc2c1. The van der Waals surface area contributed by atoms with Crippen molar-refractivity contribution in [1.29, 1.82) is 0 Å². The van der Waals surface area contributed by atoms with Crippen molar-refractivity contribution >= 4 is 53.1 Å². The molecule has 0 saturated carbocycles. The highest BCUT2D eigenvalue weighted by Gasteiger charge is 1.85. The molecule has 1 nitrogen and oxygen atoms in total. The van der Waals surface area contributed by atoms with E-state index in [1.807, 2.05) is 0 Å². The summed E-state index contributed by atoms with van der Waals surface area (Å²) in [4.78, 5) is 0. The van der Waals surface area contributed by atoms with Gasteiger partial charge in [0.05, 0.1) is 8.41 Å². The molecular weight excluding hydrogens is 305 g/mol. The molecule has 0 saturated heterocycles. The summed E-state index contributed by atoms with van der Waals surface area (Å²) in [7, 11) is 0. The maximum atomic E-state index is 2.12. The number of rotatable bonds is 0. The van der Waals surface area contributed by atoms with Gasteiger partial charge in [-0.3, -0.25) is 0 Å². The van der Waals surface area contributed by atoms with Crippen LogP contribution in [0.4, 0.5) is 0 Å². The van der Waals surface area contributed by atoms with Gasteiger partial charge in [0.15, 0.2) is 0 Å². The van der Waals surface area contributed by atoms with Crippen LogP contribution in [0.5, 0.6) is 0 Å². The van der Waals surface area contributed by atoms with Gasteiger partial charge in [0.1, 0.15) is 0 Å². The molecule has 4 heteroatoms. The summed E-state index contributed by atoms with van der Waals surface area (Å²) >= 11 is 0. The smallest absolute Gasteiger partial charge is 0.0814 e. The number of hydrogen-bond donors (Lipinski definition) is 1. The highest BCUT2D eigenvalue weighted by atomic mass is 79.9. The van der Waals surface area contributed by atoms with E-state index in [0.29, 0.717) is 0 Å². The van der Waals surface area contributed by atoms with Gasteiger partial charge in [0.2, 0.25) is 0 Å². The Morgan fingerprint density at radius 1 is 0.571 bits per heavy atom. The minimum absolute atomic E-state index is 0. The fourth-order valence-corrected chi connectivity index (χ4v) is 1.13. The molecule has 0 amide bonds. The molecule has 2 rings (SSSR count). The van der Waals surface area contributed by atoms with Crippen molar-refractivity contribution in [2.75, 3.05) is 0 Å². The first-order valence-electron chi connectivity index (χ1n) is 3.40. The van der Waals surface area contributed by atoms with Crippen LogP contribution in [0, 0.1) is 0 Å². The molecule has 0 aliphatic rings. The van der Waals surface area contributed by atoms with Crippen LogP contribution < -0.4 is 6.15 Å². The van der Waals surface area contributed by atoms with E-state index in [2.05, 4.69) is 48.5 Å². The Morgan fingerprint density at radius 3 is 1.00 bits per heavy atom. The van der Waals surface area contributed by atoms with Crippen molar-refractivity contribution in [2.24, 2.45) is 0 Å². The van der Waals surface area contributed by atoms with Crippen molar-refractivity contribution < 1.29 is 0 Å². The summed E-state index contributed by atoms with van der Waals surface area (Å²) in [5.41, 5.74) is 0. The van der Waals surface area contributed by atoms with Crippen LogP contribution in [0.2, 0.25) is 0 Å². The second-order valence-electron chi connectivity index (χ2n) is 2.35. The molecule has 2 aromatic rings. The van der Waals surface area contributed by atoms with Gasteiger partial charge in [-0.05, 0) is 10.8 Å². The second kappa shape index (κ2) is 9.25. The number of benzene rings is 2. The Balaban J connectivity index is -0.000000302. The van der Waals surface area contributed by atoms with Crippen LogP contribution in [-0.4, -0.2) is 8.41 Å². The molecule has 0 aliphatic heterocycles. The Bertz CT molecular complexity index is 289. The van der Waals surface area contributed by atoms with Crippen LogP contribution >= 0.6 is 34.0 Å². The normalized spacial score (nSPS) is 7.14. The molecule has 3 N–H and O–H groups in total. The van der Waals surface area contributed by atoms with Gasteiger partial charge in [-0.2, -0.15) is 0 Å². The molecule has 78 valence electrons. The molecule has 2 aromatic carbocycles. The minimum atomic E-state index is 0. The van der Waals surface area contributed by atoms with Gasteiger partial charge in [-0.15, -0.1) is 34.0 Å². The van der Waals surface area contributed by atoms with Crippen LogP contribution in [0.25, 0.3) is 10.8 Å². The van der Waals surface area contributed by atoms with Crippen molar-refractivity contribution in [1.82, 2.24) is 6.15 Å². The number of hydrogen-bond acceptors (Lipinski definition) is 1. The van der Waals surface area contributed by atoms with Gasteiger partial charge < -0.3 is 6.15 Å². The first kappa shape index (κ1) is 19.3. The summed E-state index contributed by atoms with van der Waals surface area (Å²) in [6.07, 6.45) is 0. The fourth-order valence-electron chi connectivity index (χ4n) is 1.13. The standard InChI is InChI=1S/C10H8.BH3.2BrH.H3N/c1-2-6-10-8-4-3-7-9(10)5-1;;;;/h1-8H;1H3;2*1H;1H3. The third kappa shape index (κ3) is 4.27. The van der Waals surface area contributed by atoms with E-state index in [0.717, 1.165) is 0 Å². The van der Waals surface area contributed by atoms with Crippen molar-refractivity contribution in [3.8, 4) is 0 Å². The topological polar surface area (TPSA) is 35.0 Å². The molecular formula is C10H16BBr2N. The largest absolute Gasteiger partial charge is 0.344 e. The van der Waals surface area contributed by atoms with Gasteiger partial charge in [-0.25, -0.2) is 0 Å². The van der Waals surface area contributed by atoms with Crippen molar-refractivity contribution in [2.45, 2.75) is 0 Å². The predicted octanol–water partition coefficient (Wildman–Crippen LogP) is 2.97. The monoisotopic (exact) mass is 319 g/mol. The predicted molar refractivity (Wildman–Crippen MR) is 79.6 cm³/mol. The van der Waals surface area contributed by atoms with E-state index >= 15 is 0 Å². The first-order valence-corrected chi connectivity index (χ1v) is 3.40. The quantitative estimate of drug-likeness (QED) is 0.744. The third-order valence-electron chi connectivity index (χ3n) is 1.66. The summed E-state index contributed by atoms with van der Waals surface area (Å²) in [6, 6.07) is 16.7. The summed E-state index contributed by atoms with van der Waals surface area (Å²) in [5.74, 6) is 0. The van der Waals surface area contributed by atoms with Gasteiger partial charge in [0.25, 0.3) is 0 Å². The Hall–Kier alpha value is -0.315. The van der Waals surface area contributed by atoms with Crippen molar-refractivity contribution in [3.05, 3.63) is 48.5 Å². The maximum absolute atomic E-state index is 2.12. The molecule has 0 spiro atoms. The zero-order valence-corrected chi connectivity index (χ0v) is 10.6. The summed E-state index contributed by atoms with van der Waals surface area (Å²) in [6.45, 7) is 0. The van der Waals surface area contributed by atoms with E-state index in [9.17, 15) is 0 Å². The third-order valence-corrected chi connectivity index (χ3v) is 1.66. The zero-order chi connectivity index (χ0) is 6.81. The number of halogens is 2. The second-order valence-corrected chi connectivity index (χ2v) is 2.35. The zero-order valence-electron chi connectivity index (χ0n) is 7.14. The lowest BCUT2D eigenvalue weighted by Crippen LogP contribution is -1.67. The number of fused-ring (bicyclic) bond motifs is 1. The molecule has 0 unspecified atom stereocenters. The first-order chi connectivity index (χ1) is 4.97. The summed E-state index contributed by atoms with van der Waals surface area (Å²) in [5, 5.41) is 2.62. The highest BCUT2D eigenvalue weighted by molar-refractivity contribution is 8.93. The van der Waals surface area contributed by atoms with Crippen LogP contribution in [0.3, 0.4) is 0 Å². The highest BCUT2D eigenvalue weighted by Crippen LogP contribution is 2.11. The molecule has 0 aliphatic carbocycles. The van der Waals surface area contributed by atoms with Gasteiger partial charge >= 0.3 is 0 Å². The fraction of sp³-hybridized carbons (Fsp3) is 0. The molecule has 0 heterocycles. The van der Waals surface area contributed by atoms with Crippen LogP contribution in [0.1, 0.15) is 0 Å². The molecule has 0 radical (unpaired) electrons. The Kier molecular flexibility index (Phi) is 12.7. The molecule has 14 heavy (non-hydrogen) atoms. The molecule has 0 aromatic heterocycles. The van der Waals surface area contributed by atoms with Crippen molar-refractivity contribution in [3.63, 3.8) is 0 Å². The molecule has 0 atom stereocenters. The van der Waals surface area contributed by atoms with E-state index in [1.165, 1.54) is 10.8 Å². The van der Waals surface area contributed by atoms with E-state index in [4.69, 9.17) is 0 Å². The Morgan fingerprint density at radius 2 is 0.786 bits per heavy atom. The lowest BCUT2D eigenvalue weighted by atomic mass is 10.1. The van der Waals surface area contributed by atoms with Crippen LogP contribution in [0.15, 0.2) is 48.5 Å². The van der Waals surface area contributed by atoms with E-state index in [-0.39, 0.29) is 48.5 Å². The maximum Gasteiger partial charge on any atom is 0.0814 e. The lowest BCUT2D eigenvalue weighted by molar-refractivity contribution is 1.75. The molecule has 0 fully saturated rings. The average molecular weight is 321 g/mol. The lowest BCUT2D eigenvalue weighted by Gasteiger charge is -1.92. The van der Waals surface area contributed by atoms with Crippen LogP contribution in [-0.2, 0) is 0 Å². The van der Waals surface area contributed by atoms with Gasteiger partial charge in [-0.1, -0.05) is 48.5 Å². The van der Waals surface area contributed by atoms with E-state index < -0.39 is 0 Å². The van der Waals surface area contributed by atoms with Gasteiger partial charge in [0, 0.05) is 0 Å². The minimum Gasteiger partial charge on any atom is -0.344 e. The Labute approximate surface area is 108 Å². The average Bonchev–Trinajstić information content (AvgIpc) is 2.05. The summed E-state index contributed by atoms with van der Waals surface area (Å²) < 4.78 is 0. The molecule has 0 bridgehead atoms.